The van der Waals surface area contributed by atoms with Gasteiger partial charge in [0.15, 0.2) is 0 Å². The number of ether oxygens (including phenoxy) is 1. The number of fused-ring (bicyclic) bond motifs is 1. The predicted molar refractivity (Wildman–Crippen MR) is 39.5 cm³/mol. The van der Waals surface area contributed by atoms with Crippen LogP contribution in [-0.2, 0) is 4.74 Å². The van der Waals surface area contributed by atoms with Crippen LogP contribution in [0.4, 0.5) is 0 Å². The average Bonchev–Trinajstić information content (AvgIpc) is 2.33. The van der Waals surface area contributed by atoms with Gasteiger partial charge in [0.2, 0.25) is 0 Å². The molecule has 2 heteroatoms. The molecule has 0 aromatic carbocycles. The first-order chi connectivity index (χ1) is 4.47. The first-order valence-corrected chi connectivity index (χ1v) is 4.75. The van der Waals surface area contributed by atoms with E-state index >= 15 is 0 Å². The summed E-state index contributed by atoms with van der Waals surface area (Å²) in [4.78, 5) is 0. The molecule has 2 aliphatic heterocycles. The lowest BCUT2D eigenvalue weighted by atomic mass is 10.00. The number of rotatable bonds is 0. The summed E-state index contributed by atoms with van der Waals surface area (Å²) in [5.74, 6) is 2.23. The van der Waals surface area contributed by atoms with Crippen molar-refractivity contribution in [1.82, 2.24) is 0 Å². The second-order valence-corrected chi connectivity index (χ2v) is 4.01. The Labute approximate surface area is 60.2 Å². The summed E-state index contributed by atoms with van der Waals surface area (Å²) >= 11 is 2.00. The highest BCUT2D eigenvalue weighted by atomic mass is 32.2. The summed E-state index contributed by atoms with van der Waals surface area (Å²) in [6, 6.07) is 0. The molecule has 0 N–H and O–H groups in total. The Balaban J connectivity index is 1.97. The van der Waals surface area contributed by atoms with Crippen LogP contribution in [0.2, 0.25) is 0 Å². The molecule has 0 radical (unpaired) electrons. The standard InChI is InChI=1S/C7H12OS/c1-2-6-3-5-9-7(6)8-4-1/h6-7H,1-5H2/t6-,7+/m1/s1. The third-order valence-corrected chi connectivity index (χ3v) is 3.48. The van der Waals surface area contributed by atoms with E-state index in [1.54, 1.807) is 0 Å². The molecule has 9 heavy (non-hydrogen) atoms. The van der Waals surface area contributed by atoms with Crippen molar-refractivity contribution in [3.05, 3.63) is 0 Å². The third kappa shape index (κ3) is 1.10. The van der Waals surface area contributed by atoms with Gasteiger partial charge < -0.3 is 4.74 Å². The van der Waals surface area contributed by atoms with Gasteiger partial charge in [-0.3, -0.25) is 0 Å². The van der Waals surface area contributed by atoms with Crippen molar-refractivity contribution in [2.24, 2.45) is 5.92 Å². The number of hydrogen-bond acceptors (Lipinski definition) is 2. The summed E-state index contributed by atoms with van der Waals surface area (Å²) in [5.41, 5.74) is 0.582. The van der Waals surface area contributed by atoms with E-state index in [0.29, 0.717) is 5.44 Å². The first kappa shape index (κ1) is 6.05. The van der Waals surface area contributed by atoms with E-state index in [-0.39, 0.29) is 0 Å². The zero-order valence-electron chi connectivity index (χ0n) is 5.51. The lowest BCUT2D eigenvalue weighted by Crippen LogP contribution is -2.21. The Morgan fingerprint density at radius 1 is 1.33 bits per heavy atom. The van der Waals surface area contributed by atoms with Gasteiger partial charge in [-0.25, -0.2) is 0 Å². The monoisotopic (exact) mass is 144 g/mol. The molecule has 2 fully saturated rings. The summed E-state index contributed by atoms with van der Waals surface area (Å²) in [6.45, 7) is 1.01. The zero-order valence-corrected chi connectivity index (χ0v) is 6.32. The molecule has 2 aliphatic rings. The van der Waals surface area contributed by atoms with Crippen molar-refractivity contribution in [3.63, 3.8) is 0 Å². The smallest absolute Gasteiger partial charge is 0.106 e. The molecule has 2 saturated heterocycles. The molecule has 0 spiro atoms. The van der Waals surface area contributed by atoms with Crippen LogP contribution in [0, 0.1) is 5.92 Å². The molecule has 0 bridgehead atoms. The lowest BCUT2D eigenvalue weighted by Gasteiger charge is -2.24. The molecule has 0 saturated carbocycles. The fraction of sp³-hybridized carbons (Fsp3) is 1.00. The molecule has 0 unspecified atom stereocenters. The van der Waals surface area contributed by atoms with Gasteiger partial charge in [0, 0.05) is 6.61 Å². The highest BCUT2D eigenvalue weighted by Gasteiger charge is 2.30. The quantitative estimate of drug-likeness (QED) is 0.513. The minimum absolute atomic E-state index is 0.582. The van der Waals surface area contributed by atoms with Crippen LogP contribution in [-0.4, -0.2) is 17.8 Å². The Hall–Kier alpha value is 0.310. The van der Waals surface area contributed by atoms with E-state index in [1.807, 2.05) is 11.8 Å². The van der Waals surface area contributed by atoms with E-state index < -0.39 is 0 Å². The van der Waals surface area contributed by atoms with Gasteiger partial charge in [0.1, 0.15) is 5.44 Å². The van der Waals surface area contributed by atoms with Crippen LogP contribution >= 0.6 is 11.8 Å². The van der Waals surface area contributed by atoms with Gasteiger partial charge in [-0.1, -0.05) is 0 Å². The summed E-state index contributed by atoms with van der Waals surface area (Å²) < 4.78 is 5.56. The Morgan fingerprint density at radius 2 is 2.33 bits per heavy atom. The van der Waals surface area contributed by atoms with Crippen molar-refractivity contribution >= 4 is 11.8 Å². The van der Waals surface area contributed by atoms with Gasteiger partial charge in [0.25, 0.3) is 0 Å². The normalized spacial score (nSPS) is 42.7. The summed E-state index contributed by atoms with van der Waals surface area (Å²) in [5, 5.41) is 0. The minimum Gasteiger partial charge on any atom is -0.367 e. The van der Waals surface area contributed by atoms with Crippen molar-refractivity contribution < 1.29 is 4.74 Å². The largest absolute Gasteiger partial charge is 0.367 e. The molecule has 0 aromatic heterocycles. The van der Waals surface area contributed by atoms with Crippen LogP contribution in [0.25, 0.3) is 0 Å². The minimum atomic E-state index is 0.582. The zero-order chi connectivity index (χ0) is 6.10. The highest BCUT2D eigenvalue weighted by Crippen LogP contribution is 2.38. The van der Waals surface area contributed by atoms with E-state index in [2.05, 4.69) is 0 Å². The van der Waals surface area contributed by atoms with E-state index in [0.717, 1.165) is 12.5 Å². The molecular formula is C7H12OS. The second kappa shape index (κ2) is 2.51. The number of hydrogen-bond donors (Lipinski definition) is 0. The Kier molecular flexibility index (Phi) is 1.68. The van der Waals surface area contributed by atoms with Crippen molar-refractivity contribution in [2.45, 2.75) is 24.7 Å². The van der Waals surface area contributed by atoms with Gasteiger partial charge in [-0.05, 0) is 30.9 Å². The molecular weight excluding hydrogens is 132 g/mol. The maximum atomic E-state index is 5.56. The maximum Gasteiger partial charge on any atom is 0.106 e. The van der Waals surface area contributed by atoms with Crippen LogP contribution in [0.1, 0.15) is 19.3 Å². The van der Waals surface area contributed by atoms with Crippen LogP contribution in [0.5, 0.6) is 0 Å². The van der Waals surface area contributed by atoms with Crippen molar-refractivity contribution in [1.29, 1.82) is 0 Å². The van der Waals surface area contributed by atoms with Crippen LogP contribution < -0.4 is 0 Å². The Morgan fingerprint density at radius 3 is 3.22 bits per heavy atom. The van der Waals surface area contributed by atoms with Crippen molar-refractivity contribution in [3.8, 4) is 0 Å². The van der Waals surface area contributed by atoms with E-state index in [1.165, 1.54) is 25.0 Å². The van der Waals surface area contributed by atoms with Crippen LogP contribution in [0.3, 0.4) is 0 Å². The lowest BCUT2D eigenvalue weighted by molar-refractivity contribution is 0.0356. The molecule has 0 aromatic rings. The molecule has 0 aliphatic carbocycles. The Bertz CT molecular complexity index is 93.1. The maximum absolute atomic E-state index is 5.56. The summed E-state index contributed by atoms with van der Waals surface area (Å²) in [7, 11) is 0. The van der Waals surface area contributed by atoms with Gasteiger partial charge >= 0.3 is 0 Å². The predicted octanol–water partition coefficient (Wildman–Crippen LogP) is 1.88. The third-order valence-electron chi connectivity index (χ3n) is 2.16. The van der Waals surface area contributed by atoms with Gasteiger partial charge in [-0.2, -0.15) is 0 Å². The molecule has 0 amide bonds. The molecule has 2 atom stereocenters. The first-order valence-electron chi connectivity index (χ1n) is 3.70. The average molecular weight is 144 g/mol. The molecule has 2 rings (SSSR count). The topological polar surface area (TPSA) is 9.23 Å². The fourth-order valence-corrected chi connectivity index (χ4v) is 3.03. The molecule has 2 heterocycles. The molecule has 52 valence electrons. The van der Waals surface area contributed by atoms with Gasteiger partial charge in [0.05, 0.1) is 0 Å². The van der Waals surface area contributed by atoms with E-state index in [4.69, 9.17) is 4.74 Å². The van der Waals surface area contributed by atoms with Crippen LogP contribution in [0.15, 0.2) is 0 Å². The van der Waals surface area contributed by atoms with Gasteiger partial charge in [-0.15, -0.1) is 11.8 Å². The summed E-state index contributed by atoms with van der Waals surface area (Å²) in [6.07, 6.45) is 4.11. The second-order valence-electron chi connectivity index (χ2n) is 2.80. The van der Waals surface area contributed by atoms with Crippen molar-refractivity contribution in [2.75, 3.05) is 12.4 Å². The van der Waals surface area contributed by atoms with E-state index in [9.17, 15) is 0 Å². The SMILES string of the molecule is C1CO[C@H]2SCC[C@H]2C1. The number of thioether (sulfide) groups is 1. The highest BCUT2D eigenvalue weighted by molar-refractivity contribution is 8.00. The fourth-order valence-electron chi connectivity index (χ4n) is 1.62. The molecule has 1 nitrogen and oxygen atoms in total.